The topological polar surface area (TPSA) is 89.5 Å². The zero-order valence-corrected chi connectivity index (χ0v) is 32.9. The average molecular weight is 641 g/mol. The van der Waals surface area contributed by atoms with Crippen molar-refractivity contribution in [1.82, 2.24) is 0 Å². The van der Waals surface area contributed by atoms with Gasteiger partial charge in [-0.25, -0.2) is 9.59 Å². The van der Waals surface area contributed by atoms with E-state index in [0.717, 1.165) is 12.2 Å². The Kier molecular flexibility index (Phi) is 16.2. The van der Waals surface area contributed by atoms with Gasteiger partial charge in [0.1, 0.15) is 0 Å². The lowest BCUT2D eigenvalue weighted by Crippen LogP contribution is -2.46. The predicted molar refractivity (Wildman–Crippen MR) is 172 cm³/mol. The van der Waals surface area contributed by atoms with Crippen LogP contribution in [0.1, 0.15) is 12.8 Å². The quantitative estimate of drug-likeness (QED) is 0.113. The molecule has 0 aromatic heterocycles. The van der Waals surface area contributed by atoms with Crippen molar-refractivity contribution in [3.63, 3.8) is 0 Å². The maximum absolute atomic E-state index is 12.2. The van der Waals surface area contributed by atoms with Gasteiger partial charge in [0.15, 0.2) is 51.4 Å². The van der Waals surface area contributed by atoms with Gasteiger partial charge in [0.25, 0.3) is 0 Å². The van der Waals surface area contributed by atoms with E-state index in [2.05, 4.69) is 91.7 Å². The molecule has 0 aromatic rings. The Hall–Kier alpha value is -0.179. The lowest BCUT2D eigenvalue weighted by atomic mass is 10.4. The van der Waals surface area contributed by atoms with Gasteiger partial charge in [0, 0.05) is 25.0 Å². The second kappa shape index (κ2) is 16.3. The van der Waals surface area contributed by atoms with Crippen LogP contribution in [0.15, 0.2) is 12.2 Å². The molecule has 0 aromatic carbocycles. The Morgan fingerprint density at radius 1 is 0.579 bits per heavy atom. The molecule has 0 saturated carbocycles. The van der Waals surface area contributed by atoms with Crippen molar-refractivity contribution in [2.75, 3.05) is 13.2 Å². The van der Waals surface area contributed by atoms with Crippen molar-refractivity contribution in [3.05, 3.63) is 12.2 Å². The summed E-state index contributed by atoms with van der Waals surface area (Å²) in [5, 5.41) is 0. The molecule has 0 aliphatic carbocycles. The van der Waals surface area contributed by atoms with Crippen molar-refractivity contribution < 1.29 is 36.1 Å². The Balaban J connectivity index is 4.76. The normalized spacial score (nSPS) is 16.7. The highest BCUT2D eigenvalue weighted by Crippen LogP contribution is 2.18. The lowest BCUT2D eigenvalue weighted by Gasteiger charge is -2.33. The molecule has 0 amide bonds. The maximum Gasteiger partial charge on any atom is 0.331 e. The largest absolute Gasteiger partial charge is 0.462 e. The first-order valence-electron chi connectivity index (χ1n) is 13.7. The van der Waals surface area contributed by atoms with Crippen molar-refractivity contribution in [2.24, 2.45) is 0 Å². The summed E-state index contributed by atoms with van der Waals surface area (Å²) in [5.74, 6) is -1.14. The van der Waals surface area contributed by atoms with E-state index in [9.17, 15) is 9.59 Å². The van der Waals surface area contributed by atoms with E-state index in [1.807, 2.05) is 0 Å². The summed E-state index contributed by atoms with van der Waals surface area (Å²) in [6.45, 7) is 30.7. The fraction of sp³-hybridized carbons (Fsp3) is 0.833. The Morgan fingerprint density at radius 2 is 0.868 bits per heavy atom. The molecule has 0 aliphatic heterocycles. The number of rotatable bonds is 18. The molecule has 0 aliphatic rings. The van der Waals surface area contributed by atoms with Crippen LogP contribution < -0.4 is 0 Å². The van der Waals surface area contributed by atoms with Crippen LogP contribution in [0.25, 0.3) is 0 Å². The number of hydrogen-bond donors (Lipinski definition) is 0. The van der Waals surface area contributed by atoms with Crippen LogP contribution >= 0.6 is 0 Å². The zero-order chi connectivity index (χ0) is 29.9. The molecule has 0 rings (SSSR count). The molecule has 0 spiro atoms. The van der Waals surface area contributed by atoms with E-state index >= 15 is 0 Å². The minimum absolute atomic E-state index is 0.0164. The standard InChI is InChI=1S/C24H56O8Si6/c1-33(31-37(9,10)11)23(29-35(3,4)5)17-19-27-21(25)15-16-22(26)28-20-18-24(30-36(6,7)8)34(2)32-38(12,13)14/h15-16,23-24,33-34H,17-20H2,1-14H3/b16-15+. The van der Waals surface area contributed by atoms with Gasteiger partial charge in [-0.1, -0.05) is 0 Å². The molecule has 0 fully saturated rings. The van der Waals surface area contributed by atoms with Gasteiger partial charge >= 0.3 is 11.9 Å². The molecular weight excluding hydrogens is 585 g/mol. The summed E-state index contributed by atoms with van der Waals surface area (Å²) >= 11 is 0. The van der Waals surface area contributed by atoms with Gasteiger partial charge in [0.2, 0.25) is 0 Å². The number of carbonyl (C=O) groups excluding carboxylic acids is 2. The molecule has 0 radical (unpaired) electrons. The third-order valence-electron chi connectivity index (χ3n) is 4.78. The van der Waals surface area contributed by atoms with Crippen molar-refractivity contribution >= 4 is 63.3 Å². The first-order valence-corrected chi connectivity index (χ1v) is 31.9. The first-order chi connectivity index (χ1) is 17.0. The van der Waals surface area contributed by atoms with Gasteiger partial charge in [-0.3, -0.25) is 0 Å². The van der Waals surface area contributed by atoms with Crippen LogP contribution in [-0.2, 0) is 36.1 Å². The monoisotopic (exact) mass is 640 g/mol. The summed E-state index contributed by atoms with van der Waals surface area (Å²) in [7, 11) is -10.1. The van der Waals surface area contributed by atoms with Crippen LogP contribution in [0.4, 0.5) is 0 Å². The van der Waals surface area contributed by atoms with E-state index in [4.69, 9.17) is 26.6 Å². The van der Waals surface area contributed by atoms with Gasteiger partial charge in [0.05, 0.1) is 24.7 Å². The molecule has 0 N–H and O–H groups in total. The number of carbonyl (C=O) groups is 2. The van der Waals surface area contributed by atoms with E-state index in [1.165, 1.54) is 0 Å². The Morgan fingerprint density at radius 3 is 1.11 bits per heavy atom. The SMILES string of the molecule is C[SiH](O[Si](C)(C)C)C(CCOC(=O)/C=C/C(=O)OCCC(O[Si](C)(C)C)[SiH](C)O[Si](C)(C)C)O[Si](C)(C)C. The minimum Gasteiger partial charge on any atom is -0.462 e. The molecule has 0 bridgehead atoms. The number of ether oxygens (including phenoxy) is 2. The van der Waals surface area contributed by atoms with Crippen molar-refractivity contribution in [2.45, 2.75) is 116 Å². The van der Waals surface area contributed by atoms with Crippen LogP contribution in [-0.4, -0.2) is 88.0 Å². The highest BCUT2D eigenvalue weighted by molar-refractivity contribution is 6.78. The minimum atomic E-state index is -1.78. The van der Waals surface area contributed by atoms with Crippen molar-refractivity contribution in [1.29, 1.82) is 0 Å². The smallest absolute Gasteiger partial charge is 0.331 e. The second-order valence-corrected chi connectivity index (χ2v) is 37.2. The third-order valence-corrected chi connectivity index (χ3v) is 19.0. The highest BCUT2D eigenvalue weighted by atomic mass is 28.4. The van der Waals surface area contributed by atoms with Gasteiger partial charge in [-0.15, -0.1) is 0 Å². The summed E-state index contributed by atoms with van der Waals surface area (Å²) in [4.78, 5) is 24.4. The molecule has 4 atom stereocenters. The average Bonchev–Trinajstić information content (AvgIpc) is 2.66. The van der Waals surface area contributed by atoms with Gasteiger partial charge in [-0.05, 0) is 91.7 Å². The fourth-order valence-electron chi connectivity index (χ4n) is 3.74. The van der Waals surface area contributed by atoms with Gasteiger partial charge in [-0.2, -0.15) is 0 Å². The first kappa shape index (κ1) is 37.8. The molecule has 224 valence electrons. The van der Waals surface area contributed by atoms with Crippen LogP contribution in [0.2, 0.25) is 91.7 Å². The molecule has 0 heterocycles. The van der Waals surface area contributed by atoms with Crippen LogP contribution in [0.3, 0.4) is 0 Å². The van der Waals surface area contributed by atoms with Gasteiger partial charge < -0.3 is 26.6 Å². The van der Waals surface area contributed by atoms with E-state index in [0.29, 0.717) is 12.8 Å². The van der Waals surface area contributed by atoms with Crippen LogP contribution in [0, 0.1) is 0 Å². The summed E-state index contributed by atoms with van der Waals surface area (Å²) in [5.41, 5.74) is -0.0327. The Bertz CT molecular complexity index is 691. The summed E-state index contributed by atoms with van der Waals surface area (Å²) in [6.07, 6.45) is 3.42. The number of esters is 2. The highest BCUT2D eigenvalue weighted by Gasteiger charge is 2.32. The number of hydrogen-bond acceptors (Lipinski definition) is 8. The van der Waals surface area contributed by atoms with Crippen molar-refractivity contribution in [3.8, 4) is 0 Å². The Labute approximate surface area is 240 Å². The fourth-order valence-corrected chi connectivity index (χ4v) is 21.1. The third kappa shape index (κ3) is 21.6. The zero-order valence-electron chi connectivity index (χ0n) is 26.6. The lowest BCUT2D eigenvalue weighted by molar-refractivity contribution is -0.140. The summed E-state index contributed by atoms with van der Waals surface area (Å²) in [6, 6.07) is 0. The van der Waals surface area contributed by atoms with Crippen LogP contribution in [0.5, 0.6) is 0 Å². The molecular formula is C24H56O8Si6. The van der Waals surface area contributed by atoms with E-state index in [1.54, 1.807) is 0 Å². The second-order valence-electron chi connectivity index (χ2n) is 13.7. The molecule has 14 heteroatoms. The van der Waals surface area contributed by atoms with E-state index < -0.39 is 63.3 Å². The predicted octanol–water partition coefficient (Wildman–Crippen LogP) is 5.34. The maximum atomic E-state index is 12.2. The summed E-state index contributed by atoms with van der Waals surface area (Å²) < 4.78 is 36.1. The van der Waals surface area contributed by atoms with E-state index in [-0.39, 0.29) is 24.7 Å². The molecule has 0 saturated heterocycles. The molecule has 8 nitrogen and oxygen atoms in total. The molecule has 38 heavy (non-hydrogen) atoms. The molecule has 4 unspecified atom stereocenters.